The number of halogens is 2. The molecule has 0 aliphatic carbocycles. The fraction of sp³-hybridized carbons (Fsp3) is 0.222. The quantitative estimate of drug-likeness (QED) is 0.757. The Bertz CT molecular complexity index is 784. The first-order valence-corrected chi connectivity index (χ1v) is 8.01. The van der Waals surface area contributed by atoms with E-state index >= 15 is 0 Å². The van der Waals surface area contributed by atoms with E-state index in [1.54, 1.807) is 18.2 Å². The van der Waals surface area contributed by atoms with Gasteiger partial charge in [0.2, 0.25) is 11.9 Å². The van der Waals surface area contributed by atoms with Gasteiger partial charge in [-0.15, -0.1) is 12.4 Å². The van der Waals surface area contributed by atoms with Crippen LogP contribution in [0.25, 0.3) is 0 Å². The van der Waals surface area contributed by atoms with Gasteiger partial charge < -0.3 is 21.1 Å². The standard InChI is InChI=1S/C18H20FN5O.ClH/c19-14-9-4-5-10-15(14)25-12-6-11-24-16(13-7-2-1-3-8-13)22-17(20)23-18(24)21;/h1-5,7-10,16H,6,11-12H2,(H4,20,21,22,23);1H. The lowest BCUT2D eigenvalue weighted by atomic mass is 10.1. The molecule has 0 saturated carbocycles. The lowest BCUT2D eigenvalue weighted by Crippen LogP contribution is -2.44. The number of hydrogen-bond donors (Lipinski definition) is 2. The van der Waals surface area contributed by atoms with Gasteiger partial charge in [0.15, 0.2) is 17.7 Å². The molecule has 1 atom stereocenters. The van der Waals surface area contributed by atoms with Gasteiger partial charge >= 0.3 is 0 Å². The van der Waals surface area contributed by atoms with Gasteiger partial charge in [-0.2, -0.15) is 4.99 Å². The minimum atomic E-state index is -0.374. The van der Waals surface area contributed by atoms with E-state index in [0.717, 1.165) is 5.56 Å². The predicted molar refractivity (Wildman–Crippen MR) is 103 cm³/mol. The Balaban J connectivity index is 0.00000243. The van der Waals surface area contributed by atoms with E-state index in [1.807, 2.05) is 35.2 Å². The van der Waals surface area contributed by atoms with Gasteiger partial charge in [-0.1, -0.05) is 42.5 Å². The molecule has 3 rings (SSSR count). The molecule has 0 aromatic heterocycles. The van der Waals surface area contributed by atoms with Gasteiger partial charge in [-0.05, 0) is 24.1 Å². The topological polar surface area (TPSA) is 89.2 Å². The Labute approximate surface area is 157 Å². The highest BCUT2D eigenvalue weighted by molar-refractivity contribution is 5.95. The average Bonchev–Trinajstić information content (AvgIpc) is 2.62. The zero-order valence-electron chi connectivity index (χ0n) is 14.1. The van der Waals surface area contributed by atoms with Gasteiger partial charge in [-0.25, -0.2) is 9.38 Å². The van der Waals surface area contributed by atoms with Crippen LogP contribution in [0.2, 0.25) is 0 Å². The highest BCUT2D eigenvalue weighted by atomic mass is 35.5. The number of para-hydroxylation sites is 1. The van der Waals surface area contributed by atoms with E-state index < -0.39 is 0 Å². The molecule has 1 aliphatic heterocycles. The molecule has 8 heteroatoms. The SMILES string of the molecule is Cl.NC1=NC(c2ccccc2)N(CCCOc2ccccc2F)C(N)=N1. The third kappa shape index (κ3) is 4.64. The van der Waals surface area contributed by atoms with Crippen LogP contribution < -0.4 is 16.2 Å². The van der Waals surface area contributed by atoms with Crippen molar-refractivity contribution >= 4 is 24.3 Å². The molecule has 0 bridgehead atoms. The average molecular weight is 378 g/mol. The molecule has 26 heavy (non-hydrogen) atoms. The summed E-state index contributed by atoms with van der Waals surface area (Å²) >= 11 is 0. The number of ether oxygens (including phenoxy) is 1. The zero-order chi connectivity index (χ0) is 17.6. The Morgan fingerprint density at radius 1 is 1.04 bits per heavy atom. The van der Waals surface area contributed by atoms with Gasteiger partial charge in [0.25, 0.3) is 0 Å². The molecule has 0 spiro atoms. The second-order valence-corrected chi connectivity index (χ2v) is 5.57. The van der Waals surface area contributed by atoms with Crippen LogP contribution in [0.15, 0.2) is 64.6 Å². The second kappa shape index (κ2) is 9.05. The molecule has 2 aromatic rings. The lowest BCUT2D eigenvalue weighted by Gasteiger charge is -2.32. The number of nitrogens with two attached hydrogens (primary N) is 2. The molecule has 4 N–H and O–H groups in total. The van der Waals surface area contributed by atoms with Crippen LogP contribution in [0, 0.1) is 5.82 Å². The highest BCUT2D eigenvalue weighted by Crippen LogP contribution is 2.24. The smallest absolute Gasteiger partial charge is 0.220 e. The first-order valence-electron chi connectivity index (χ1n) is 8.01. The van der Waals surface area contributed by atoms with Crippen molar-refractivity contribution < 1.29 is 9.13 Å². The summed E-state index contributed by atoms with van der Waals surface area (Å²) in [6.07, 6.45) is 0.302. The third-order valence-corrected chi connectivity index (χ3v) is 3.81. The third-order valence-electron chi connectivity index (χ3n) is 3.81. The maximum Gasteiger partial charge on any atom is 0.220 e. The van der Waals surface area contributed by atoms with Crippen LogP contribution >= 0.6 is 12.4 Å². The number of benzene rings is 2. The summed E-state index contributed by atoms with van der Waals surface area (Å²) in [5.74, 6) is 0.336. The van der Waals surface area contributed by atoms with Crippen LogP contribution in [0.4, 0.5) is 4.39 Å². The number of nitrogens with zero attached hydrogens (tertiary/aromatic N) is 3. The number of rotatable bonds is 6. The van der Waals surface area contributed by atoms with Gasteiger partial charge in [-0.3, -0.25) is 0 Å². The molecule has 0 amide bonds. The molecular formula is C18H21ClFN5O. The van der Waals surface area contributed by atoms with Crippen molar-refractivity contribution in [3.05, 3.63) is 66.0 Å². The van der Waals surface area contributed by atoms with Crippen LogP contribution in [0.5, 0.6) is 5.75 Å². The van der Waals surface area contributed by atoms with E-state index in [-0.39, 0.29) is 36.1 Å². The maximum atomic E-state index is 13.6. The molecule has 1 aliphatic rings. The van der Waals surface area contributed by atoms with E-state index in [0.29, 0.717) is 25.5 Å². The van der Waals surface area contributed by atoms with E-state index in [1.165, 1.54) is 6.07 Å². The van der Waals surface area contributed by atoms with Crippen molar-refractivity contribution in [3.63, 3.8) is 0 Å². The van der Waals surface area contributed by atoms with E-state index in [4.69, 9.17) is 16.2 Å². The van der Waals surface area contributed by atoms with Crippen LogP contribution in [-0.4, -0.2) is 30.0 Å². The summed E-state index contributed by atoms with van der Waals surface area (Å²) in [7, 11) is 0. The van der Waals surface area contributed by atoms with Gasteiger partial charge in [0.1, 0.15) is 0 Å². The minimum Gasteiger partial charge on any atom is -0.490 e. The number of hydrogen-bond acceptors (Lipinski definition) is 6. The van der Waals surface area contributed by atoms with Gasteiger partial charge in [0.05, 0.1) is 6.61 Å². The van der Waals surface area contributed by atoms with Crippen LogP contribution in [-0.2, 0) is 0 Å². The van der Waals surface area contributed by atoms with Crippen molar-refractivity contribution in [1.29, 1.82) is 0 Å². The predicted octanol–water partition coefficient (Wildman–Crippen LogP) is 2.66. The highest BCUT2D eigenvalue weighted by Gasteiger charge is 2.25. The van der Waals surface area contributed by atoms with Crippen LogP contribution in [0.1, 0.15) is 18.2 Å². The summed E-state index contributed by atoms with van der Waals surface area (Å²) in [4.78, 5) is 10.3. The van der Waals surface area contributed by atoms with E-state index in [2.05, 4.69) is 9.98 Å². The molecule has 1 unspecified atom stereocenters. The number of aliphatic imine (C=N–C) groups is 2. The second-order valence-electron chi connectivity index (χ2n) is 5.57. The number of guanidine groups is 2. The Hall–Kier alpha value is -2.80. The molecule has 0 radical (unpaired) electrons. The molecular weight excluding hydrogens is 357 g/mol. The van der Waals surface area contributed by atoms with Crippen molar-refractivity contribution in [3.8, 4) is 5.75 Å². The molecule has 0 saturated heterocycles. The first-order chi connectivity index (χ1) is 12.1. The van der Waals surface area contributed by atoms with Crippen molar-refractivity contribution in [2.24, 2.45) is 21.5 Å². The fourth-order valence-electron chi connectivity index (χ4n) is 2.63. The molecule has 1 heterocycles. The Morgan fingerprint density at radius 2 is 1.73 bits per heavy atom. The van der Waals surface area contributed by atoms with Crippen LogP contribution in [0.3, 0.4) is 0 Å². The summed E-state index contributed by atoms with van der Waals surface area (Å²) < 4.78 is 19.0. The zero-order valence-corrected chi connectivity index (χ0v) is 14.9. The first kappa shape index (κ1) is 19.5. The summed E-state index contributed by atoms with van der Waals surface area (Å²) in [6.45, 7) is 0.908. The molecule has 6 nitrogen and oxygen atoms in total. The largest absolute Gasteiger partial charge is 0.490 e. The minimum absolute atomic E-state index is 0. The summed E-state index contributed by atoms with van der Waals surface area (Å²) in [5, 5.41) is 0. The lowest BCUT2D eigenvalue weighted by molar-refractivity contribution is 0.251. The maximum absolute atomic E-state index is 13.6. The van der Waals surface area contributed by atoms with Gasteiger partial charge in [0, 0.05) is 6.54 Å². The summed E-state index contributed by atoms with van der Waals surface area (Å²) in [6, 6.07) is 16.0. The molecule has 2 aromatic carbocycles. The van der Waals surface area contributed by atoms with Crippen molar-refractivity contribution in [1.82, 2.24) is 4.90 Å². The van der Waals surface area contributed by atoms with E-state index in [9.17, 15) is 4.39 Å². The molecule has 0 fully saturated rings. The Morgan fingerprint density at radius 3 is 2.46 bits per heavy atom. The molecule has 138 valence electrons. The summed E-state index contributed by atoms with van der Waals surface area (Å²) in [5.41, 5.74) is 12.8. The Kier molecular flexibility index (Phi) is 6.80. The fourth-order valence-corrected chi connectivity index (χ4v) is 2.63. The monoisotopic (exact) mass is 377 g/mol. The van der Waals surface area contributed by atoms with Crippen molar-refractivity contribution in [2.75, 3.05) is 13.2 Å². The normalized spacial score (nSPS) is 16.3. The van der Waals surface area contributed by atoms with Crippen molar-refractivity contribution in [2.45, 2.75) is 12.6 Å².